The number of amides is 1. The molecule has 4 heteroatoms. The molecule has 0 bridgehead atoms. The van der Waals surface area contributed by atoms with Gasteiger partial charge in [-0.3, -0.25) is 4.79 Å². The number of hydrogen-bond donors (Lipinski definition) is 1. The molecule has 0 saturated heterocycles. The molecule has 0 aliphatic carbocycles. The van der Waals surface area contributed by atoms with Crippen LogP contribution < -0.4 is 5.32 Å². The van der Waals surface area contributed by atoms with E-state index >= 15 is 0 Å². The lowest BCUT2D eigenvalue weighted by Crippen LogP contribution is -2.26. The molecule has 4 nitrogen and oxygen atoms in total. The third-order valence-electron chi connectivity index (χ3n) is 1.40. The van der Waals surface area contributed by atoms with Crippen molar-refractivity contribution in [1.29, 1.82) is 0 Å². The van der Waals surface area contributed by atoms with Gasteiger partial charge in [-0.1, -0.05) is 6.92 Å². The fourth-order valence-corrected chi connectivity index (χ4v) is 0.733. The van der Waals surface area contributed by atoms with E-state index in [0.717, 1.165) is 13.0 Å². The first kappa shape index (κ1) is 12.4. The summed E-state index contributed by atoms with van der Waals surface area (Å²) in [6.45, 7) is 6.05. The maximum absolute atomic E-state index is 11.0. The summed E-state index contributed by atoms with van der Waals surface area (Å²) in [6, 6.07) is 0. The average molecular weight is 189 g/mol. The second-order valence-corrected chi connectivity index (χ2v) is 2.60. The molecule has 0 aromatic carbocycles. The second-order valence-electron chi connectivity index (χ2n) is 2.60. The van der Waals surface area contributed by atoms with Crippen LogP contribution in [-0.2, 0) is 14.3 Å². The van der Waals surface area contributed by atoms with Crippen LogP contribution in [-0.4, -0.2) is 32.5 Å². The molecule has 0 radical (unpaired) electrons. The van der Waals surface area contributed by atoms with Crippen molar-refractivity contribution < 1.29 is 14.3 Å². The Balaban J connectivity index is 3.11. The predicted molar refractivity (Wildman–Crippen MR) is 50.4 cm³/mol. The van der Waals surface area contributed by atoms with E-state index in [4.69, 9.17) is 9.47 Å². The zero-order valence-electron chi connectivity index (χ0n) is 8.47. The van der Waals surface area contributed by atoms with Crippen LogP contribution in [0.2, 0.25) is 0 Å². The fourth-order valence-electron chi connectivity index (χ4n) is 0.733. The SMILES string of the molecule is CCCOCCC(=O)NCOCC. The maximum Gasteiger partial charge on any atom is 0.224 e. The number of carbonyl (C=O) groups is 1. The third-order valence-corrected chi connectivity index (χ3v) is 1.40. The van der Waals surface area contributed by atoms with Crippen molar-refractivity contribution in [2.45, 2.75) is 26.7 Å². The number of carbonyl (C=O) groups excluding carboxylic acids is 1. The van der Waals surface area contributed by atoms with Crippen LogP contribution in [0.25, 0.3) is 0 Å². The van der Waals surface area contributed by atoms with E-state index in [1.165, 1.54) is 0 Å². The summed E-state index contributed by atoms with van der Waals surface area (Å²) in [6.07, 6.45) is 1.40. The molecule has 13 heavy (non-hydrogen) atoms. The zero-order chi connectivity index (χ0) is 9.94. The van der Waals surface area contributed by atoms with Crippen molar-refractivity contribution in [1.82, 2.24) is 5.32 Å². The number of nitrogens with one attached hydrogen (secondary N) is 1. The normalized spacial score (nSPS) is 10.0. The predicted octanol–water partition coefficient (Wildman–Crippen LogP) is 0.913. The van der Waals surface area contributed by atoms with Gasteiger partial charge in [0.15, 0.2) is 0 Å². The second kappa shape index (κ2) is 9.48. The zero-order valence-corrected chi connectivity index (χ0v) is 8.47. The average Bonchev–Trinajstić information content (AvgIpc) is 2.13. The lowest BCUT2D eigenvalue weighted by atomic mass is 10.4. The van der Waals surface area contributed by atoms with Gasteiger partial charge in [0, 0.05) is 13.2 Å². The molecule has 0 aliphatic rings. The molecule has 0 rings (SSSR count). The number of rotatable bonds is 8. The lowest BCUT2D eigenvalue weighted by molar-refractivity contribution is -0.123. The van der Waals surface area contributed by atoms with E-state index in [1.54, 1.807) is 0 Å². The molecule has 0 saturated carbocycles. The van der Waals surface area contributed by atoms with Crippen molar-refractivity contribution >= 4 is 5.91 Å². The Morgan fingerprint density at radius 1 is 1.23 bits per heavy atom. The van der Waals surface area contributed by atoms with Gasteiger partial charge in [-0.05, 0) is 13.3 Å². The standard InChI is InChI=1S/C9H19NO3/c1-3-6-13-7-5-9(11)10-8-12-4-2/h3-8H2,1-2H3,(H,10,11). The fraction of sp³-hybridized carbons (Fsp3) is 0.889. The maximum atomic E-state index is 11.0. The van der Waals surface area contributed by atoms with Crippen molar-refractivity contribution in [3.63, 3.8) is 0 Å². The third kappa shape index (κ3) is 9.30. The molecule has 0 heterocycles. The molecule has 0 aromatic rings. The van der Waals surface area contributed by atoms with Gasteiger partial charge in [0.05, 0.1) is 13.0 Å². The Kier molecular flexibility index (Phi) is 9.03. The van der Waals surface area contributed by atoms with Crippen LogP contribution in [0, 0.1) is 0 Å². The van der Waals surface area contributed by atoms with Gasteiger partial charge in [0.1, 0.15) is 6.73 Å². The minimum absolute atomic E-state index is 0.0236. The summed E-state index contributed by atoms with van der Waals surface area (Å²) in [7, 11) is 0. The Morgan fingerprint density at radius 2 is 2.00 bits per heavy atom. The van der Waals surface area contributed by atoms with E-state index in [9.17, 15) is 4.79 Å². The van der Waals surface area contributed by atoms with Gasteiger partial charge < -0.3 is 14.8 Å². The molecule has 78 valence electrons. The van der Waals surface area contributed by atoms with Gasteiger partial charge in [-0.2, -0.15) is 0 Å². The molecule has 1 N–H and O–H groups in total. The van der Waals surface area contributed by atoms with E-state index < -0.39 is 0 Å². The summed E-state index contributed by atoms with van der Waals surface area (Å²) in [5, 5.41) is 2.62. The van der Waals surface area contributed by atoms with E-state index in [0.29, 0.717) is 26.4 Å². The Hall–Kier alpha value is -0.610. The van der Waals surface area contributed by atoms with E-state index in [-0.39, 0.29) is 5.91 Å². The molecule has 0 unspecified atom stereocenters. The Labute approximate surface area is 79.6 Å². The topological polar surface area (TPSA) is 47.6 Å². The summed E-state index contributed by atoms with van der Waals surface area (Å²) < 4.78 is 10.1. The van der Waals surface area contributed by atoms with Crippen LogP contribution in [0.5, 0.6) is 0 Å². The van der Waals surface area contributed by atoms with Crippen LogP contribution in [0.15, 0.2) is 0 Å². The molecule has 0 aliphatic heterocycles. The molecule has 1 amide bonds. The molecular formula is C9H19NO3. The molecule has 0 spiro atoms. The lowest BCUT2D eigenvalue weighted by Gasteiger charge is -2.04. The van der Waals surface area contributed by atoms with Crippen LogP contribution in [0.3, 0.4) is 0 Å². The monoisotopic (exact) mass is 189 g/mol. The molecular weight excluding hydrogens is 170 g/mol. The van der Waals surface area contributed by atoms with Gasteiger partial charge in [0.25, 0.3) is 0 Å². The van der Waals surface area contributed by atoms with E-state index in [1.807, 2.05) is 13.8 Å². The minimum atomic E-state index is -0.0236. The van der Waals surface area contributed by atoms with Crippen molar-refractivity contribution in [3.8, 4) is 0 Å². The first-order valence-electron chi connectivity index (χ1n) is 4.73. The van der Waals surface area contributed by atoms with Crippen molar-refractivity contribution in [2.75, 3.05) is 26.6 Å². The number of ether oxygens (including phenoxy) is 2. The van der Waals surface area contributed by atoms with Crippen LogP contribution in [0.4, 0.5) is 0 Å². The first-order chi connectivity index (χ1) is 6.31. The number of hydrogen-bond acceptors (Lipinski definition) is 3. The quantitative estimate of drug-likeness (QED) is 0.456. The van der Waals surface area contributed by atoms with Crippen molar-refractivity contribution in [2.24, 2.45) is 0 Å². The summed E-state index contributed by atoms with van der Waals surface area (Å²) in [5.41, 5.74) is 0. The van der Waals surface area contributed by atoms with Crippen LogP contribution in [0.1, 0.15) is 26.7 Å². The summed E-state index contributed by atoms with van der Waals surface area (Å²) >= 11 is 0. The highest BCUT2D eigenvalue weighted by Crippen LogP contribution is 1.85. The molecule has 0 aromatic heterocycles. The van der Waals surface area contributed by atoms with Gasteiger partial charge in [0.2, 0.25) is 5.91 Å². The minimum Gasteiger partial charge on any atom is -0.381 e. The molecule has 0 fully saturated rings. The van der Waals surface area contributed by atoms with Crippen LogP contribution >= 0.6 is 0 Å². The first-order valence-corrected chi connectivity index (χ1v) is 4.73. The summed E-state index contributed by atoms with van der Waals surface area (Å²) in [4.78, 5) is 11.0. The van der Waals surface area contributed by atoms with Gasteiger partial charge in [-0.25, -0.2) is 0 Å². The van der Waals surface area contributed by atoms with E-state index in [2.05, 4.69) is 5.32 Å². The smallest absolute Gasteiger partial charge is 0.224 e. The highest BCUT2D eigenvalue weighted by atomic mass is 16.5. The summed E-state index contributed by atoms with van der Waals surface area (Å²) in [5.74, 6) is -0.0236. The highest BCUT2D eigenvalue weighted by Gasteiger charge is 1.98. The largest absolute Gasteiger partial charge is 0.381 e. The molecule has 0 atom stereocenters. The highest BCUT2D eigenvalue weighted by molar-refractivity contribution is 5.75. The van der Waals surface area contributed by atoms with Gasteiger partial charge in [-0.15, -0.1) is 0 Å². The van der Waals surface area contributed by atoms with Crippen molar-refractivity contribution in [3.05, 3.63) is 0 Å². The Bertz CT molecular complexity index is 128. The van der Waals surface area contributed by atoms with Gasteiger partial charge >= 0.3 is 0 Å². The Morgan fingerprint density at radius 3 is 2.62 bits per heavy atom.